The quantitative estimate of drug-likeness (QED) is 0.209. The Kier molecular flexibility index (Phi) is 7.51. The first-order valence-corrected chi connectivity index (χ1v) is 12.6. The lowest BCUT2D eigenvalue weighted by molar-refractivity contribution is 0.0950. The van der Waals surface area contributed by atoms with Gasteiger partial charge in [0.25, 0.3) is 11.8 Å². The van der Waals surface area contributed by atoms with E-state index in [1.807, 2.05) is 36.4 Å². The van der Waals surface area contributed by atoms with Crippen LogP contribution in [0.15, 0.2) is 75.9 Å². The summed E-state index contributed by atoms with van der Waals surface area (Å²) in [6, 6.07) is 14.5. The Bertz CT molecular complexity index is 1350. The summed E-state index contributed by atoms with van der Waals surface area (Å²) in [5, 5.41) is 19.4. The van der Waals surface area contributed by atoms with Crippen molar-refractivity contribution in [2.45, 2.75) is 13.5 Å². The maximum absolute atomic E-state index is 12.5. The lowest BCUT2D eigenvalue weighted by Crippen LogP contribution is -2.21. The average Bonchev–Trinajstić information content (AvgIpc) is 3.49. The highest BCUT2D eigenvalue weighted by molar-refractivity contribution is 9.10. The Morgan fingerprint density at radius 3 is 2.41 bits per heavy atom. The van der Waals surface area contributed by atoms with Gasteiger partial charge in [0.15, 0.2) is 0 Å². The molecule has 4 aromatic rings. The van der Waals surface area contributed by atoms with Crippen LogP contribution in [0.2, 0.25) is 0 Å². The highest BCUT2D eigenvalue weighted by Crippen LogP contribution is 2.39. The van der Waals surface area contributed by atoms with Gasteiger partial charge in [-0.15, -0.1) is 22.7 Å². The predicted molar refractivity (Wildman–Crippen MR) is 139 cm³/mol. The van der Waals surface area contributed by atoms with Gasteiger partial charge in [-0.1, -0.05) is 28.1 Å². The average molecular weight is 555 g/mol. The van der Waals surface area contributed by atoms with Crippen molar-refractivity contribution >= 4 is 56.1 Å². The Hall–Kier alpha value is -3.34. The van der Waals surface area contributed by atoms with Gasteiger partial charge in [-0.2, -0.15) is 5.10 Å². The number of aromatic hydroxyl groups is 1. The van der Waals surface area contributed by atoms with E-state index in [1.165, 1.54) is 11.3 Å². The minimum Gasteiger partial charge on any atom is -0.506 e. The fourth-order valence-electron chi connectivity index (χ4n) is 3.02. The van der Waals surface area contributed by atoms with E-state index in [1.54, 1.807) is 36.8 Å². The number of amides is 2. The van der Waals surface area contributed by atoms with Crippen molar-refractivity contribution in [2.75, 3.05) is 0 Å². The molecule has 2 amide bonds. The summed E-state index contributed by atoms with van der Waals surface area (Å²) >= 11 is 5.88. The van der Waals surface area contributed by atoms with Gasteiger partial charge in [-0.3, -0.25) is 14.6 Å². The molecule has 0 aliphatic carbocycles. The third-order valence-electron chi connectivity index (χ3n) is 4.84. The van der Waals surface area contributed by atoms with Crippen molar-refractivity contribution in [3.63, 3.8) is 0 Å². The predicted octanol–water partition coefficient (Wildman–Crippen LogP) is 5.42. The Morgan fingerprint density at radius 1 is 1.03 bits per heavy atom. The lowest BCUT2D eigenvalue weighted by Gasteiger charge is -2.03. The zero-order chi connectivity index (χ0) is 24.1. The van der Waals surface area contributed by atoms with Crippen molar-refractivity contribution in [3.05, 3.63) is 91.7 Å². The number of nitrogens with one attached hydrogen (secondary N) is 2. The van der Waals surface area contributed by atoms with E-state index in [9.17, 15) is 14.7 Å². The molecule has 0 unspecified atom stereocenters. The van der Waals surface area contributed by atoms with Crippen LogP contribution in [0.4, 0.5) is 0 Å². The smallest absolute Gasteiger partial charge is 0.281 e. The highest BCUT2D eigenvalue weighted by atomic mass is 79.9. The number of halogens is 1. The number of aromatic nitrogens is 1. The highest BCUT2D eigenvalue weighted by Gasteiger charge is 2.16. The Balaban J connectivity index is 1.39. The van der Waals surface area contributed by atoms with Crippen LogP contribution >= 0.6 is 38.6 Å². The number of hydrogen-bond acceptors (Lipinski definition) is 7. The molecule has 0 aliphatic rings. The molecule has 0 saturated heterocycles. The van der Waals surface area contributed by atoms with Crippen molar-refractivity contribution in [2.24, 2.45) is 5.10 Å². The van der Waals surface area contributed by atoms with Gasteiger partial charge in [0, 0.05) is 28.8 Å². The standard InChI is InChI=1S/C24H19BrN4O3S2/c1-14(18-13-33-22(21(18)30)16-2-4-17(25)5-3-16)28-29-24(32)20-7-6-19(34-20)23(31)27-12-15-8-10-26-11-9-15/h2-11,13,30H,12H2,1H3,(H,27,31)(H,29,32)/b28-14+. The summed E-state index contributed by atoms with van der Waals surface area (Å²) in [5.74, 6) is -0.573. The van der Waals surface area contributed by atoms with E-state index in [4.69, 9.17) is 0 Å². The molecule has 0 spiro atoms. The van der Waals surface area contributed by atoms with E-state index in [-0.39, 0.29) is 11.7 Å². The van der Waals surface area contributed by atoms with E-state index in [0.29, 0.717) is 27.6 Å². The summed E-state index contributed by atoms with van der Waals surface area (Å²) in [6.07, 6.45) is 3.32. The van der Waals surface area contributed by atoms with E-state index in [0.717, 1.165) is 31.8 Å². The monoisotopic (exact) mass is 554 g/mol. The van der Waals surface area contributed by atoms with Crippen molar-refractivity contribution < 1.29 is 14.7 Å². The zero-order valence-corrected chi connectivity index (χ0v) is 21.1. The van der Waals surface area contributed by atoms with Gasteiger partial charge in [-0.25, -0.2) is 5.43 Å². The summed E-state index contributed by atoms with van der Waals surface area (Å²) in [4.78, 5) is 30.4. The fraction of sp³-hybridized carbons (Fsp3) is 0.0833. The molecule has 0 saturated carbocycles. The normalized spacial score (nSPS) is 11.3. The number of hydrogen-bond donors (Lipinski definition) is 3. The molecule has 3 N–H and O–H groups in total. The third kappa shape index (κ3) is 5.58. The summed E-state index contributed by atoms with van der Waals surface area (Å²) in [7, 11) is 0. The zero-order valence-electron chi connectivity index (χ0n) is 17.9. The van der Waals surface area contributed by atoms with Gasteiger partial charge < -0.3 is 10.4 Å². The Morgan fingerprint density at radius 2 is 1.71 bits per heavy atom. The molecule has 172 valence electrons. The van der Waals surface area contributed by atoms with Crippen LogP contribution in [0.25, 0.3) is 10.4 Å². The largest absolute Gasteiger partial charge is 0.506 e. The maximum atomic E-state index is 12.5. The second-order valence-corrected chi connectivity index (χ2v) is 10.1. The molecular weight excluding hydrogens is 536 g/mol. The van der Waals surface area contributed by atoms with Gasteiger partial charge in [0.1, 0.15) is 5.75 Å². The first-order chi connectivity index (χ1) is 16.4. The SMILES string of the molecule is C/C(=N\NC(=O)c1ccc(C(=O)NCc2ccncc2)s1)c1csc(-c2ccc(Br)cc2)c1O. The molecule has 0 fully saturated rings. The van der Waals surface area contributed by atoms with E-state index >= 15 is 0 Å². The fourth-order valence-corrected chi connectivity index (χ4v) is 5.10. The van der Waals surface area contributed by atoms with Crippen LogP contribution < -0.4 is 10.7 Å². The summed E-state index contributed by atoms with van der Waals surface area (Å²) in [5.41, 5.74) is 5.34. The van der Waals surface area contributed by atoms with Gasteiger partial charge >= 0.3 is 0 Å². The van der Waals surface area contributed by atoms with Gasteiger partial charge in [-0.05, 0) is 54.4 Å². The van der Waals surface area contributed by atoms with Crippen molar-refractivity contribution in [3.8, 4) is 16.2 Å². The maximum Gasteiger partial charge on any atom is 0.281 e. The third-order valence-corrected chi connectivity index (χ3v) is 7.47. The molecule has 0 atom stereocenters. The van der Waals surface area contributed by atoms with Crippen molar-refractivity contribution in [1.82, 2.24) is 15.7 Å². The summed E-state index contributed by atoms with van der Waals surface area (Å²) in [6.45, 7) is 2.08. The number of hydrazone groups is 1. The Labute approximate surface area is 212 Å². The van der Waals surface area contributed by atoms with Crippen molar-refractivity contribution in [1.29, 1.82) is 0 Å². The molecule has 7 nitrogen and oxygen atoms in total. The molecular formula is C24H19BrN4O3S2. The second kappa shape index (κ2) is 10.7. The molecule has 3 aromatic heterocycles. The lowest BCUT2D eigenvalue weighted by atomic mass is 10.1. The molecule has 34 heavy (non-hydrogen) atoms. The van der Waals surface area contributed by atoms with Crippen LogP contribution in [0.5, 0.6) is 5.75 Å². The number of benzene rings is 1. The van der Waals surface area contributed by atoms with Crippen LogP contribution in [0.1, 0.15) is 37.4 Å². The van der Waals surface area contributed by atoms with Crippen LogP contribution in [0.3, 0.4) is 0 Å². The molecule has 0 radical (unpaired) electrons. The van der Waals surface area contributed by atoms with Gasteiger partial charge in [0.05, 0.1) is 25.9 Å². The number of carbonyl (C=O) groups excluding carboxylic acids is 2. The number of nitrogens with zero attached hydrogens (tertiary/aromatic N) is 2. The first kappa shape index (κ1) is 23.8. The first-order valence-electron chi connectivity index (χ1n) is 10.1. The van der Waals surface area contributed by atoms with Crippen LogP contribution in [0, 0.1) is 0 Å². The van der Waals surface area contributed by atoms with Crippen LogP contribution in [-0.4, -0.2) is 27.6 Å². The number of pyridine rings is 1. The number of carbonyl (C=O) groups is 2. The molecule has 10 heteroatoms. The number of thiophene rings is 2. The second-order valence-electron chi connectivity index (χ2n) is 7.17. The molecule has 0 bridgehead atoms. The van der Waals surface area contributed by atoms with Crippen LogP contribution in [-0.2, 0) is 6.54 Å². The van der Waals surface area contributed by atoms with Gasteiger partial charge in [0.2, 0.25) is 0 Å². The molecule has 4 rings (SSSR count). The van der Waals surface area contributed by atoms with E-state index < -0.39 is 5.91 Å². The minimum atomic E-state index is -0.430. The molecule has 1 aromatic carbocycles. The summed E-state index contributed by atoms with van der Waals surface area (Å²) < 4.78 is 0.955. The topological polar surface area (TPSA) is 104 Å². The molecule has 0 aliphatic heterocycles. The minimum absolute atomic E-state index is 0.118. The van der Waals surface area contributed by atoms with E-state index in [2.05, 4.69) is 36.8 Å². The number of rotatable bonds is 7. The molecule has 3 heterocycles.